The van der Waals surface area contributed by atoms with Crippen LogP contribution in [0.5, 0.6) is 0 Å². The molecule has 108 valence electrons. The number of thiazole rings is 1. The highest BCUT2D eigenvalue weighted by molar-refractivity contribution is 7.09. The highest BCUT2D eigenvalue weighted by Crippen LogP contribution is 2.53. The second kappa shape index (κ2) is 5.38. The minimum Gasteiger partial charge on any atom is -0.294 e. The fraction of sp³-hybridized carbons (Fsp3) is 0.444. The smallest absolute Gasteiger partial charge is 0.168 e. The molecule has 3 atom stereocenters. The van der Waals surface area contributed by atoms with Crippen LogP contribution in [0.3, 0.4) is 0 Å². The molecule has 2 bridgehead atoms. The summed E-state index contributed by atoms with van der Waals surface area (Å²) in [5, 5.41) is 3.36. The second-order valence-electron chi connectivity index (χ2n) is 6.42. The zero-order chi connectivity index (χ0) is 14.2. The van der Waals surface area contributed by atoms with Crippen LogP contribution in [0.1, 0.15) is 52.7 Å². The summed E-state index contributed by atoms with van der Waals surface area (Å²) >= 11 is 1.76. The van der Waals surface area contributed by atoms with Gasteiger partial charge in [-0.25, -0.2) is 4.98 Å². The topological polar surface area (TPSA) is 30.0 Å². The van der Waals surface area contributed by atoms with Crippen molar-refractivity contribution in [2.24, 2.45) is 11.8 Å². The van der Waals surface area contributed by atoms with Crippen LogP contribution in [-0.4, -0.2) is 10.8 Å². The number of hydrogen-bond acceptors (Lipinski definition) is 3. The van der Waals surface area contributed by atoms with Crippen molar-refractivity contribution in [1.82, 2.24) is 4.98 Å². The molecule has 2 nitrogen and oxygen atoms in total. The van der Waals surface area contributed by atoms with E-state index in [1.54, 1.807) is 11.3 Å². The van der Waals surface area contributed by atoms with Gasteiger partial charge in [-0.2, -0.15) is 0 Å². The maximum absolute atomic E-state index is 12.2. The Balaban J connectivity index is 1.47. The Hall–Kier alpha value is -1.48. The Bertz CT molecular complexity index is 648. The number of ketones is 1. The van der Waals surface area contributed by atoms with Crippen molar-refractivity contribution >= 4 is 17.1 Å². The van der Waals surface area contributed by atoms with E-state index in [0.717, 1.165) is 23.1 Å². The van der Waals surface area contributed by atoms with E-state index in [1.165, 1.54) is 30.7 Å². The molecule has 1 heterocycles. The molecule has 2 saturated carbocycles. The maximum atomic E-state index is 12.2. The molecule has 1 aromatic carbocycles. The van der Waals surface area contributed by atoms with E-state index in [1.807, 2.05) is 30.3 Å². The number of carbonyl (C=O) groups is 1. The van der Waals surface area contributed by atoms with Gasteiger partial charge in [-0.15, -0.1) is 11.3 Å². The average Bonchev–Trinajstić information content (AvgIpc) is 3.24. The number of aromatic nitrogens is 1. The molecular weight excluding hydrogens is 278 g/mol. The quantitative estimate of drug-likeness (QED) is 0.779. The summed E-state index contributed by atoms with van der Waals surface area (Å²) in [5.41, 5.74) is 1.73. The standard InChI is InChI=1S/C18H19NOS/c20-17(13-4-2-1-3-5-13)10-15-11-21-18(19-15)16-9-12-6-7-14(16)8-12/h1-5,11-12,14,16H,6-10H2. The van der Waals surface area contributed by atoms with E-state index in [9.17, 15) is 4.79 Å². The third-order valence-corrected chi connectivity index (χ3v) is 6.09. The van der Waals surface area contributed by atoms with Crippen LogP contribution < -0.4 is 0 Å². The fourth-order valence-electron chi connectivity index (χ4n) is 4.01. The van der Waals surface area contributed by atoms with Crippen molar-refractivity contribution in [1.29, 1.82) is 0 Å². The van der Waals surface area contributed by atoms with Crippen molar-refractivity contribution in [3.05, 3.63) is 52.0 Å². The summed E-state index contributed by atoms with van der Waals surface area (Å²) in [6.07, 6.45) is 5.97. The lowest BCUT2D eigenvalue weighted by Crippen LogP contribution is -2.09. The SMILES string of the molecule is O=C(Cc1csc(C2CC3CCC2C3)n1)c1ccccc1. The van der Waals surface area contributed by atoms with Crippen molar-refractivity contribution in [2.75, 3.05) is 0 Å². The van der Waals surface area contributed by atoms with Gasteiger partial charge >= 0.3 is 0 Å². The average molecular weight is 297 g/mol. The number of rotatable bonds is 4. The normalized spacial score (nSPS) is 27.1. The lowest BCUT2D eigenvalue weighted by Gasteiger charge is -2.18. The summed E-state index contributed by atoms with van der Waals surface area (Å²) in [6, 6.07) is 9.52. The van der Waals surface area contributed by atoms with Crippen molar-refractivity contribution < 1.29 is 4.79 Å². The van der Waals surface area contributed by atoms with Crippen molar-refractivity contribution in [2.45, 2.75) is 38.0 Å². The highest BCUT2D eigenvalue weighted by Gasteiger charge is 2.41. The molecule has 0 saturated heterocycles. The Morgan fingerprint density at radius 3 is 2.76 bits per heavy atom. The van der Waals surface area contributed by atoms with Gasteiger partial charge in [-0.3, -0.25) is 4.79 Å². The Morgan fingerprint density at radius 1 is 1.19 bits per heavy atom. The monoisotopic (exact) mass is 297 g/mol. The predicted octanol–water partition coefficient (Wildman–Crippen LogP) is 4.47. The van der Waals surface area contributed by atoms with Gasteiger partial charge < -0.3 is 0 Å². The minimum absolute atomic E-state index is 0.167. The van der Waals surface area contributed by atoms with Crippen LogP contribution >= 0.6 is 11.3 Å². The van der Waals surface area contributed by atoms with Crippen LogP contribution in [0.25, 0.3) is 0 Å². The molecule has 2 aliphatic rings. The van der Waals surface area contributed by atoms with E-state index in [4.69, 9.17) is 4.98 Å². The Morgan fingerprint density at radius 2 is 2.05 bits per heavy atom. The first-order chi connectivity index (χ1) is 10.3. The van der Waals surface area contributed by atoms with Gasteiger partial charge in [0.1, 0.15) is 0 Å². The molecule has 0 amide bonds. The fourth-order valence-corrected chi connectivity index (χ4v) is 5.04. The molecule has 0 aliphatic heterocycles. The van der Waals surface area contributed by atoms with Crippen LogP contribution in [-0.2, 0) is 6.42 Å². The van der Waals surface area contributed by atoms with Gasteiger partial charge in [0.15, 0.2) is 5.78 Å². The largest absolute Gasteiger partial charge is 0.294 e. The highest BCUT2D eigenvalue weighted by atomic mass is 32.1. The second-order valence-corrected chi connectivity index (χ2v) is 7.31. The number of Topliss-reactive ketones (excluding diaryl/α,β-unsaturated/α-hetero) is 1. The number of nitrogens with zero attached hydrogens (tertiary/aromatic N) is 1. The molecule has 4 rings (SSSR count). The van der Waals surface area contributed by atoms with Crippen LogP contribution in [0.2, 0.25) is 0 Å². The van der Waals surface area contributed by atoms with E-state index < -0.39 is 0 Å². The lowest BCUT2D eigenvalue weighted by atomic mass is 9.89. The summed E-state index contributed by atoms with van der Waals surface area (Å²) in [7, 11) is 0. The van der Waals surface area contributed by atoms with Crippen molar-refractivity contribution in [3.63, 3.8) is 0 Å². The van der Waals surface area contributed by atoms with Gasteiger partial charge in [0.05, 0.1) is 17.1 Å². The molecule has 2 aliphatic carbocycles. The molecule has 0 N–H and O–H groups in total. The molecule has 2 fully saturated rings. The van der Waals surface area contributed by atoms with Crippen LogP contribution in [0.15, 0.2) is 35.7 Å². The predicted molar refractivity (Wildman–Crippen MR) is 84.8 cm³/mol. The molecule has 1 aromatic heterocycles. The number of carbonyl (C=O) groups excluding carboxylic acids is 1. The summed E-state index contributed by atoms with van der Waals surface area (Å²) in [6.45, 7) is 0. The summed E-state index contributed by atoms with van der Waals surface area (Å²) in [5.74, 6) is 2.65. The van der Waals surface area contributed by atoms with Gasteiger partial charge in [0.2, 0.25) is 0 Å². The summed E-state index contributed by atoms with van der Waals surface area (Å²) < 4.78 is 0. The molecular formula is C18H19NOS. The van der Waals surface area contributed by atoms with Crippen LogP contribution in [0, 0.1) is 11.8 Å². The first kappa shape index (κ1) is 13.2. The molecule has 3 unspecified atom stereocenters. The third kappa shape index (κ3) is 2.55. The Kier molecular flexibility index (Phi) is 3.38. The maximum Gasteiger partial charge on any atom is 0.168 e. The molecule has 0 radical (unpaired) electrons. The van der Waals surface area contributed by atoms with Gasteiger partial charge in [0, 0.05) is 16.9 Å². The number of hydrogen-bond donors (Lipinski definition) is 0. The number of benzene rings is 1. The molecule has 3 heteroatoms. The first-order valence-electron chi connectivity index (χ1n) is 7.82. The third-order valence-electron chi connectivity index (χ3n) is 5.06. The lowest BCUT2D eigenvalue weighted by molar-refractivity contribution is 0.0992. The van der Waals surface area contributed by atoms with Crippen LogP contribution in [0.4, 0.5) is 0 Å². The van der Waals surface area contributed by atoms with Gasteiger partial charge in [-0.1, -0.05) is 36.8 Å². The number of fused-ring (bicyclic) bond motifs is 2. The summed E-state index contributed by atoms with van der Waals surface area (Å²) in [4.78, 5) is 17.0. The molecule has 21 heavy (non-hydrogen) atoms. The van der Waals surface area contributed by atoms with Gasteiger partial charge in [-0.05, 0) is 31.1 Å². The van der Waals surface area contributed by atoms with Gasteiger partial charge in [0.25, 0.3) is 0 Å². The van der Waals surface area contributed by atoms with Crippen molar-refractivity contribution in [3.8, 4) is 0 Å². The Labute approximate surface area is 129 Å². The molecule has 2 aromatic rings. The minimum atomic E-state index is 0.167. The first-order valence-corrected chi connectivity index (χ1v) is 8.70. The van der Waals surface area contributed by atoms with E-state index in [0.29, 0.717) is 12.3 Å². The zero-order valence-electron chi connectivity index (χ0n) is 12.0. The zero-order valence-corrected chi connectivity index (χ0v) is 12.8. The van der Waals surface area contributed by atoms with E-state index in [-0.39, 0.29) is 5.78 Å². The van der Waals surface area contributed by atoms with E-state index in [2.05, 4.69) is 5.38 Å². The molecule has 0 spiro atoms. The van der Waals surface area contributed by atoms with E-state index >= 15 is 0 Å².